The second-order valence-electron chi connectivity index (χ2n) is 5.83. The molecular formula is C14H23N3O4. The first-order valence-electron chi connectivity index (χ1n) is 7.44. The third kappa shape index (κ3) is 3.93. The van der Waals surface area contributed by atoms with Crippen LogP contribution < -0.4 is 10.6 Å². The highest BCUT2D eigenvalue weighted by molar-refractivity contribution is 5.90. The molecule has 2 aliphatic heterocycles. The average Bonchev–Trinajstić information content (AvgIpc) is 2.46. The van der Waals surface area contributed by atoms with Crippen LogP contribution in [-0.4, -0.2) is 61.0 Å². The third-order valence-electron chi connectivity index (χ3n) is 3.76. The Hall–Kier alpha value is -1.63. The number of hydrogen-bond acceptors (Lipinski definition) is 4. The fraction of sp³-hybridized carbons (Fsp3) is 0.786. The number of hydrogen-bond donors (Lipinski definition) is 2. The van der Waals surface area contributed by atoms with Crippen molar-refractivity contribution in [1.29, 1.82) is 0 Å². The monoisotopic (exact) mass is 297 g/mol. The zero-order valence-corrected chi connectivity index (χ0v) is 12.6. The van der Waals surface area contributed by atoms with Crippen LogP contribution in [0.15, 0.2) is 0 Å². The van der Waals surface area contributed by atoms with E-state index >= 15 is 0 Å². The zero-order valence-electron chi connectivity index (χ0n) is 12.6. The van der Waals surface area contributed by atoms with Crippen LogP contribution in [0.25, 0.3) is 0 Å². The Bertz CT molecular complexity index is 414. The molecule has 0 radical (unpaired) electrons. The maximum absolute atomic E-state index is 12.6. The van der Waals surface area contributed by atoms with E-state index in [0.717, 1.165) is 0 Å². The van der Waals surface area contributed by atoms with Crippen LogP contribution in [0.4, 0.5) is 0 Å². The van der Waals surface area contributed by atoms with Gasteiger partial charge in [-0.25, -0.2) is 0 Å². The van der Waals surface area contributed by atoms with Crippen molar-refractivity contribution >= 4 is 17.7 Å². The van der Waals surface area contributed by atoms with E-state index in [0.29, 0.717) is 32.5 Å². The summed E-state index contributed by atoms with van der Waals surface area (Å²) < 4.78 is 5.35. The summed E-state index contributed by atoms with van der Waals surface area (Å²) in [6.07, 6.45) is 0.907. The zero-order chi connectivity index (χ0) is 15.4. The van der Waals surface area contributed by atoms with Crippen molar-refractivity contribution in [1.82, 2.24) is 15.5 Å². The number of piperidine rings is 1. The van der Waals surface area contributed by atoms with E-state index in [1.165, 1.54) is 0 Å². The van der Waals surface area contributed by atoms with Gasteiger partial charge in [-0.3, -0.25) is 14.4 Å². The van der Waals surface area contributed by atoms with E-state index in [1.807, 2.05) is 13.8 Å². The molecule has 2 unspecified atom stereocenters. The minimum atomic E-state index is -0.578. The molecule has 0 aliphatic carbocycles. The van der Waals surface area contributed by atoms with Crippen LogP contribution in [0.3, 0.4) is 0 Å². The molecule has 2 saturated heterocycles. The number of carbonyl (C=O) groups is 3. The summed E-state index contributed by atoms with van der Waals surface area (Å²) in [4.78, 5) is 37.6. The van der Waals surface area contributed by atoms with Gasteiger partial charge in [0.25, 0.3) is 0 Å². The quantitative estimate of drug-likeness (QED) is 0.718. The Kier molecular flexibility index (Phi) is 5.17. The van der Waals surface area contributed by atoms with E-state index in [4.69, 9.17) is 4.74 Å². The van der Waals surface area contributed by atoms with Crippen LogP contribution in [0.1, 0.15) is 26.7 Å². The lowest BCUT2D eigenvalue weighted by Gasteiger charge is -2.37. The van der Waals surface area contributed by atoms with Crippen molar-refractivity contribution in [2.24, 2.45) is 5.92 Å². The largest absolute Gasteiger partial charge is 0.377 e. The standard InChI is InChI=1S/C14H23N3O4/c1-9(2)16-13(19)11-8-21-6-5-17(11)14(20)10-3-4-12(18)15-7-10/h9-11H,3-8H2,1-2H3,(H,15,18)(H,16,19). The molecule has 7 heteroatoms. The summed E-state index contributed by atoms with van der Waals surface area (Å²) in [7, 11) is 0. The van der Waals surface area contributed by atoms with Crippen molar-refractivity contribution < 1.29 is 19.1 Å². The lowest BCUT2D eigenvalue weighted by molar-refractivity contribution is -0.152. The van der Waals surface area contributed by atoms with Gasteiger partial charge >= 0.3 is 0 Å². The molecule has 0 aromatic rings. The van der Waals surface area contributed by atoms with Crippen LogP contribution in [-0.2, 0) is 19.1 Å². The van der Waals surface area contributed by atoms with Gasteiger partial charge in [-0.1, -0.05) is 0 Å². The first-order valence-corrected chi connectivity index (χ1v) is 7.44. The summed E-state index contributed by atoms with van der Waals surface area (Å²) >= 11 is 0. The predicted octanol–water partition coefficient (Wildman–Crippen LogP) is -0.735. The molecule has 0 spiro atoms. The fourth-order valence-corrected chi connectivity index (χ4v) is 2.64. The molecule has 2 aliphatic rings. The summed E-state index contributed by atoms with van der Waals surface area (Å²) in [6.45, 7) is 5.20. The van der Waals surface area contributed by atoms with E-state index in [2.05, 4.69) is 10.6 Å². The Morgan fingerprint density at radius 1 is 1.43 bits per heavy atom. The Labute approximate surface area is 124 Å². The Balaban J connectivity index is 2.02. The minimum absolute atomic E-state index is 0.0184. The molecular weight excluding hydrogens is 274 g/mol. The second kappa shape index (κ2) is 6.89. The summed E-state index contributed by atoms with van der Waals surface area (Å²) in [5, 5.41) is 5.53. The lowest BCUT2D eigenvalue weighted by atomic mass is 9.96. The number of nitrogens with one attached hydrogen (secondary N) is 2. The molecule has 2 N–H and O–H groups in total. The van der Waals surface area contributed by atoms with E-state index in [-0.39, 0.29) is 36.3 Å². The van der Waals surface area contributed by atoms with Gasteiger partial charge in [0, 0.05) is 25.6 Å². The molecule has 2 atom stereocenters. The summed E-state index contributed by atoms with van der Waals surface area (Å²) in [5.41, 5.74) is 0. The van der Waals surface area contributed by atoms with Crippen LogP contribution in [0.2, 0.25) is 0 Å². The van der Waals surface area contributed by atoms with Crippen molar-refractivity contribution in [2.75, 3.05) is 26.3 Å². The molecule has 2 rings (SSSR count). The van der Waals surface area contributed by atoms with Gasteiger partial charge in [0.05, 0.1) is 19.1 Å². The smallest absolute Gasteiger partial charge is 0.245 e. The molecule has 21 heavy (non-hydrogen) atoms. The third-order valence-corrected chi connectivity index (χ3v) is 3.76. The van der Waals surface area contributed by atoms with Crippen molar-refractivity contribution in [3.8, 4) is 0 Å². The highest BCUT2D eigenvalue weighted by Gasteiger charge is 2.37. The molecule has 118 valence electrons. The predicted molar refractivity (Wildman–Crippen MR) is 75.3 cm³/mol. The number of morpholine rings is 1. The lowest BCUT2D eigenvalue weighted by Crippen LogP contribution is -2.59. The van der Waals surface area contributed by atoms with Gasteiger partial charge < -0.3 is 20.3 Å². The van der Waals surface area contributed by atoms with E-state index in [1.54, 1.807) is 4.90 Å². The molecule has 0 saturated carbocycles. The number of amides is 3. The summed E-state index contributed by atoms with van der Waals surface area (Å²) in [6, 6.07) is -0.559. The van der Waals surface area contributed by atoms with Gasteiger partial charge in [-0.15, -0.1) is 0 Å². The first kappa shape index (κ1) is 15.8. The number of ether oxygens (including phenoxy) is 1. The van der Waals surface area contributed by atoms with Gasteiger partial charge in [0.1, 0.15) is 6.04 Å². The van der Waals surface area contributed by atoms with Gasteiger partial charge in [-0.05, 0) is 20.3 Å². The number of rotatable bonds is 3. The number of nitrogens with zero attached hydrogens (tertiary/aromatic N) is 1. The molecule has 7 nitrogen and oxygen atoms in total. The number of carbonyl (C=O) groups excluding carboxylic acids is 3. The second-order valence-corrected chi connectivity index (χ2v) is 5.83. The summed E-state index contributed by atoms with van der Waals surface area (Å²) in [5.74, 6) is -0.509. The van der Waals surface area contributed by atoms with Crippen molar-refractivity contribution in [3.63, 3.8) is 0 Å². The van der Waals surface area contributed by atoms with Crippen LogP contribution >= 0.6 is 0 Å². The van der Waals surface area contributed by atoms with E-state index < -0.39 is 6.04 Å². The molecule has 0 aromatic heterocycles. The van der Waals surface area contributed by atoms with Crippen LogP contribution in [0.5, 0.6) is 0 Å². The van der Waals surface area contributed by atoms with Gasteiger partial charge in [0.2, 0.25) is 17.7 Å². The molecule has 3 amide bonds. The topological polar surface area (TPSA) is 87.7 Å². The molecule has 2 fully saturated rings. The van der Waals surface area contributed by atoms with Crippen molar-refractivity contribution in [2.45, 2.75) is 38.8 Å². The molecule has 2 heterocycles. The van der Waals surface area contributed by atoms with E-state index in [9.17, 15) is 14.4 Å². The maximum Gasteiger partial charge on any atom is 0.245 e. The van der Waals surface area contributed by atoms with Gasteiger partial charge in [0.15, 0.2) is 0 Å². The minimum Gasteiger partial charge on any atom is -0.377 e. The normalized spacial score (nSPS) is 26.4. The fourth-order valence-electron chi connectivity index (χ4n) is 2.64. The highest BCUT2D eigenvalue weighted by atomic mass is 16.5. The maximum atomic E-state index is 12.6. The van der Waals surface area contributed by atoms with Crippen LogP contribution in [0, 0.1) is 5.92 Å². The van der Waals surface area contributed by atoms with Gasteiger partial charge in [-0.2, -0.15) is 0 Å². The molecule has 0 bridgehead atoms. The molecule has 0 aromatic carbocycles. The Morgan fingerprint density at radius 3 is 2.81 bits per heavy atom. The first-order chi connectivity index (χ1) is 9.99. The van der Waals surface area contributed by atoms with Crippen molar-refractivity contribution in [3.05, 3.63) is 0 Å². The highest BCUT2D eigenvalue weighted by Crippen LogP contribution is 2.18. The SMILES string of the molecule is CC(C)NC(=O)C1COCCN1C(=O)C1CCC(=O)NC1. The average molecular weight is 297 g/mol. The Morgan fingerprint density at radius 2 is 2.19 bits per heavy atom.